The zero-order valence-corrected chi connectivity index (χ0v) is 23.8. The van der Waals surface area contributed by atoms with Gasteiger partial charge in [-0.2, -0.15) is 4.37 Å². The molecule has 0 spiro atoms. The molecule has 39 heavy (non-hydrogen) atoms. The Balaban J connectivity index is 1.43. The highest BCUT2D eigenvalue weighted by molar-refractivity contribution is 7.90. The van der Waals surface area contributed by atoms with Crippen molar-refractivity contribution in [3.8, 4) is 5.75 Å². The van der Waals surface area contributed by atoms with Gasteiger partial charge < -0.3 is 14.6 Å². The monoisotopic (exact) mass is 576 g/mol. The van der Waals surface area contributed by atoms with E-state index in [1.165, 1.54) is 18.5 Å². The molecule has 0 bridgehead atoms. The van der Waals surface area contributed by atoms with Gasteiger partial charge in [0, 0.05) is 43.7 Å². The first kappa shape index (κ1) is 28.1. The Morgan fingerprint density at radius 1 is 1.18 bits per heavy atom. The summed E-state index contributed by atoms with van der Waals surface area (Å²) in [6.07, 6.45) is 0.988. The van der Waals surface area contributed by atoms with Crippen molar-refractivity contribution in [1.82, 2.24) is 19.2 Å². The lowest BCUT2D eigenvalue weighted by atomic mass is 9.93. The third-order valence-electron chi connectivity index (χ3n) is 6.95. The normalized spacial score (nSPS) is 21.8. The number of benzene rings is 2. The molecule has 3 aromatic rings. The van der Waals surface area contributed by atoms with Crippen LogP contribution in [0.25, 0.3) is 0 Å². The molecule has 1 N–H and O–H groups in total. The maximum absolute atomic E-state index is 13.8. The van der Waals surface area contributed by atoms with Gasteiger partial charge in [0.1, 0.15) is 28.7 Å². The molecule has 0 amide bonds. The molecule has 5 rings (SSSR count). The third kappa shape index (κ3) is 6.47. The molecule has 2 aliphatic heterocycles. The summed E-state index contributed by atoms with van der Waals surface area (Å²) in [5.74, 6) is 0.0155. The highest BCUT2D eigenvalue weighted by Crippen LogP contribution is 2.42. The third-order valence-corrected chi connectivity index (χ3v) is 9.42. The van der Waals surface area contributed by atoms with Gasteiger partial charge in [0.25, 0.3) is 0 Å². The molecule has 1 saturated heterocycles. The van der Waals surface area contributed by atoms with Crippen molar-refractivity contribution in [2.75, 3.05) is 26.2 Å². The molecule has 12 heteroatoms. The van der Waals surface area contributed by atoms with E-state index in [1.54, 1.807) is 24.3 Å². The number of aliphatic hydroxyl groups excluding tert-OH is 1. The number of fused-ring (bicyclic) bond motifs is 1. The largest absolute Gasteiger partial charge is 0.493 e. The number of aromatic nitrogens is 2. The summed E-state index contributed by atoms with van der Waals surface area (Å²) in [5, 5.41) is 11.2. The Morgan fingerprint density at radius 3 is 2.64 bits per heavy atom. The molecule has 3 heterocycles. The Labute approximate surface area is 232 Å². The van der Waals surface area contributed by atoms with E-state index >= 15 is 0 Å². The van der Waals surface area contributed by atoms with Gasteiger partial charge in [0.2, 0.25) is 6.41 Å². The SMILES string of the molecule is CC(C)(C)OC(O)N1CCN([C@H]2CCOc3cc(S(=O)(=O)Cc4ncns4)ccc32)[C@H](c2ccc(F)cc2)C1. The zero-order chi connectivity index (χ0) is 27.8. The summed E-state index contributed by atoms with van der Waals surface area (Å²) in [6.45, 7) is 7.78. The Hall–Kier alpha value is -2.48. The van der Waals surface area contributed by atoms with Crippen molar-refractivity contribution >= 4 is 21.4 Å². The van der Waals surface area contributed by atoms with E-state index in [4.69, 9.17) is 9.47 Å². The van der Waals surface area contributed by atoms with Gasteiger partial charge in [0.05, 0.1) is 17.1 Å². The average molecular weight is 577 g/mol. The number of sulfone groups is 1. The van der Waals surface area contributed by atoms with Crippen molar-refractivity contribution in [2.45, 2.75) is 61.9 Å². The number of hydrogen-bond donors (Lipinski definition) is 1. The minimum Gasteiger partial charge on any atom is -0.493 e. The fourth-order valence-corrected chi connectivity index (χ4v) is 7.27. The second-order valence-electron chi connectivity index (χ2n) is 10.8. The number of aliphatic hydroxyl groups is 1. The number of piperazine rings is 1. The summed E-state index contributed by atoms with van der Waals surface area (Å²) in [4.78, 5) is 8.41. The topological polar surface area (TPSA) is 105 Å². The van der Waals surface area contributed by atoms with Crippen LogP contribution in [-0.4, -0.2) is 70.9 Å². The standard InChI is InChI=1S/C27H33FN4O5S2/c1-27(2,3)37-26(33)31-11-12-32(23(15-31)18-4-6-19(28)7-5-18)22-10-13-36-24-14-20(8-9-21(22)24)39(34,35)16-25-29-17-30-38-25/h4-9,14,17,22-23,26,33H,10-13,15-16H2,1-3H3/t22-,23-,26?/m0/s1. The van der Waals surface area contributed by atoms with Crippen LogP contribution in [0.2, 0.25) is 0 Å². The molecule has 1 aromatic heterocycles. The van der Waals surface area contributed by atoms with Crippen LogP contribution in [0.3, 0.4) is 0 Å². The van der Waals surface area contributed by atoms with Crippen molar-refractivity contribution in [2.24, 2.45) is 0 Å². The highest BCUT2D eigenvalue weighted by atomic mass is 32.2. The summed E-state index contributed by atoms with van der Waals surface area (Å²) < 4.78 is 55.5. The minimum atomic E-state index is -3.62. The van der Waals surface area contributed by atoms with Crippen LogP contribution in [0.5, 0.6) is 5.75 Å². The first-order valence-corrected chi connectivity index (χ1v) is 15.3. The van der Waals surface area contributed by atoms with Crippen LogP contribution in [-0.2, 0) is 20.3 Å². The maximum atomic E-state index is 13.8. The van der Waals surface area contributed by atoms with Crippen LogP contribution in [0.4, 0.5) is 4.39 Å². The minimum absolute atomic E-state index is 0.0495. The molecule has 0 radical (unpaired) electrons. The van der Waals surface area contributed by atoms with E-state index in [0.29, 0.717) is 43.4 Å². The molecular formula is C27H33FN4O5S2. The van der Waals surface area contributed by atoms with E-state index in [0.717, 1.165) is 22.7 Å². The van der Waals surface area contributed by atoms with E-state index in [9.17, 15) is 17.9 Å². The second kappa shape index (κ2) is 11.2. The fraction of sp³-hybridized carbons (Fsp3) is 0.481. The van der Waals surface area contributed by atoms with Crippen molar-refractivity contribution in [1.29, 1.82) is 0 Å². The van der Waals surface area contributed by atoms with Crippen molar-refractivity contribution in [3.63, 3.8) is 0 Å². The van der Waals surface area contributed by atoms with Gasteiger partial charge >= 0.3 is 0 Å². The molecule has 1 unspecified atom stereocenters. The number of hydrogen-bond acceptors (Lipinski definition) is 10. The fourth-order valence-electron chi connectivity index (χ4n) is 5.16. The number of nitrogens with zero attached hydrogens (tertiary/aromatic N) is 4. The van der Waals surface area contributed by atoms with Gasteiger partial charge in [-0.05, 0) is 62.1 Å². The van der Waals surface area contributed by atoms with Crippen LogP contribution >= 0.6 is 11.5 Å². The summed E-state index contributed by atoms with van der Waals surface area (Å²) >= 11 is 1.06. The number of rotatable bonds is 7. The summed E-state index contributed by atoms with van der Waals surface area (Å²) in [7, 11) is -3.62. The highest BCUT2D eigenvalue weighted by Gasteiger charge is 2.39. The summed E-state index contributed by atoms with van der Waals surface area (Å²) in [6, 6.07) is 11.3. The molecule has 0 aliphatic carbocycles. The van der Waals surface area contributed by atoms with E-state index < -0.39 is 21.9 Å². The predicted molar refractivity (Wildman–Crippen MR) is 144 cm³/mol. The van der Waals surface area contributed by atoms with Gasteiger partial charge in [-0.15, -0.1) is 0 Å². The van der Waals surface area contributed by atoms with E-state index in [1.807, 2.05) is 31.7 Å². The Morgan fingerprint density at radius 2 is 1.95 bits per heavy atom. The van der Waals surface area contributed by atoms with Crippen LogP contribution in [0, 0.1) is 5.82 Å². The molecule has 3 atom stereocenters. The average Bonchev–Trinajstić information content (AvgIpc) is 3.39. The molecule has 9 nitrogen and oxygen atoms in total. The van der Waals surface area contributed by atoms with Crippen LogP contribution in [0.1, 0.15) is 55.4 Å². The van der Waals surface area contributed by atoms with Gasteiger partial charge in [-0.1, -0.05) is 18.2 Å². The van der Waals surface area contributed by atoms with Gasteiger partial charge in [0.15, 0.2) is 9.84 Å². The van der Waals surface area contributed by atoms with Crippen LogP contribution in [0.15, 0.2) is 53.7 Å². The zero-order valence-electron chi connectivity index (χ0n) is 22.2. The number of ether oxygens (including phenoxy) is 2. The van der Waals surface area contributed by atoms with E-state index in [2.05, 4.69) is 14.3 Å². The molecule has 1 fully saturated rings. The lowest BCUT2D eigenvalue weighted by Gasteiger charge is -2.48. The molecule has 0 saturated carbocycles. The lowest BCUT2D eigenvalue weighted by Crippen LogP contribution is -2.54. The van der Waals surface area contributed by atoms with Crippen LogP contribution < -0.4 is 4.74 Å². The molecule has 2 aliphatic rings. The molecular weight excluding hydrogens is 543 g/mol. The van der Waals surface area contributed by atoms with Crippen molar-refractivity contribution < 1.29 is 27.4 Å². The lowest BCUT2D eigenvalue weighted by molar-refractivity contribution is -0.249. The Kier molecular flexibility index (Phi) is 8.05. The van der Waals surface area contributed by atoms with Crippen molar-refractivity contribution in [3.05, 3.63) is 70.7 Å². The van der Waals surface area contributed by atoms with E-state index in [-0.39, 0.29) is 28.5 Å². The quantitative estimate of drug-likeness (QED) is 0.419. The predicted octanol–water partition coefficient (Wildman–Crippen LogP) is 3.92. The van der Waals surface area contributed by atoms with Gasteiger partial charge in [-0.3, -0.25) is 9.80 Å². The molecule has 2 aromatic carbocycles. The smallest absolute Gasteiger partial charge is 0.216 e. The molecule has 210 valence electrons. The Bertz CT molecular complexity index is 1380. The second-order valence-corrected chi connectivity index (χ2v) is 13.7. The summed E-state index contributed by atoms with van der Waals surface area (Å²) in [5.41, 5.74) is 1.31. The van der Waals surface area contributed by atoms with Gasteiger partial charge in [-0.25, -0.2) is 17.8 Å². The maximum Gasteiger partial charge on any atom is 0.216 e. The first-order valence-electron chi connectivity index (χ1n) is 12.9. The number of halogens is 1. The first-order chi connectivity index (χ1) is 18.5.